The van der Waals surface area contributed by atoms with Gasteiger partial charge in [-0.05, 0) is 67.6 Å². The molecule has 3 heterocycles. The number of fused-ring (bicyclic) bond motifs is 1. The second-order valence-electron chi connectivity index (χ2n) is 8.52. The van der Waals surface area contributed by atoms with Crippen molar-refractivity contribution in [3.8, 4) is 16.8 Å². The molecule has 1 fully saturated rings. The Morgan fingerprint density at radius 2 is 1.59 bits per heavy atom. The molecule has 0 amide bonds. The quantitative estimate of drug-likeness (QED) is 0.487. The minimum atomic E-state index is -0.0364. The van der Waals surface area contributed by atoms with Gasteiger partial charge < -0.3 is 9.64 Å². The number of pyridine rings is 1. The molecule has 0 aliphatic carbocycles. The van der Waals surface area contributed by atoms with Crippen LogP contribution in [-0.2, 0) is 4.74 Å². The van der Waals surface area contributed by atoms with Gasteiger partial charge in [-0.1, -0.05) is 12.1 Å². The molecule has 0 N–H and O–H groups in total. The van der Waals surface area contributed by atoms with Crippen LogP contribution in [0, 0.1) is 6.92 Å². The standard InChI is InChI=1S/C26H26N4O2/c1-17-13-30(22-9-7-21(8-10-22)29-14-18(2)32-19(3)15-29)26(31)24-6-4-5-23(25(17)24)20-11-27-16-28-12-20/h4-13,16,18-19H,14-15H2,1-3H3/t18-,19?/m0/s1. The van der Waals surface area contributed by atoms with Crippen LogP contribution in [0.2, 0.25) is 0 Å². The van der Waals surface area contributed by atoms with Gasteiger partial charge in [0.1, 0.15) is 6.33 Å². The van der Waals surface area contributed by atoms with Crippen molar-refractivity contribution in [2.75, 3.05) is 18.0 Å². The smallest absolute Gasteiger partial charge is 0.262 e. The highest BCUT2D eigenvalue weighted by Crippen LogP contribution is 2.29. The summed E-state index contributed by atoms with van der Waals surface area (Å²) in [6.45, 7) is 7.97. The third-order valence-corrected chi connectivity index (χ3v) is 6.01. The molecule has 0 saturated carbocycles. The largest absolute Gasteiger partial charge is 0.372 e. The number of aromatic nitrogens is 3. The Balaban J connectivity index is 1.56. The van der Waals surface area contributed by atoms with E-state index in [0.717, 1.165) is 46.5 Å². The number of morpholine rings is 1. The molecule has 2 aromatic heterocycles. The number of nitrogens with zero attached hydrogens (tertiary/aromatic N) is 4. The number of benzene rings is 2. The normalized spacial score (nSPS) is 18.8. The Hall–Kier alpha value is -3.51. The van der Waals surface area contributed by atoms with Crippen LogP contribution >= 0.6 is 0 Å². The molecule has 1 saturated heterocycles. The zero-order valence-corrected chi connectivity index (χ0v) is 18.5. The Kier molecular flexibility index (Phi) is 5.23. The van der Waals surface area contributed by atoms with E-state index in [2.05, 4.69) is 40.8 Å². The van der Waals surface area contributed by atoms with Gasteiger partial charge in [-0.3, -0.25) is 9.36 Å². The monoisotopic (exact) mass is 426 g/mol. The molecule has 4 aromatic rings. The zero-order chi connectivity index (χ0) is 22.2. The summed E-state index contributed by atoms with van der Waals surface area (Å²) in [4.78, 5) is 24.1. The van der Waals surface area contributed by atoms with E-state index in [-0.39, 0.29) is 17.8 Å². The first kappa shape index (κ1) is 20.4. The minimum Gasteiger partial charge on any atom is -0.372 e. The number of hydrogen-bond acceptors (Lipinski definition) is 5. The van der Waals surface area contributed by atoms with Crippen LogP contribution in [0.3, 0.4) is 0 Å². The van der Waals surface area contributed by atoms with Gasteiger partial charge in [0.25, 0.3) is 5.56 Å². The topological polar surface area (TPSA) is 60.2 Å². The van der Waals surface area contributed by atoms with Gasteiger partial charge in [-0.25, -0.2) is 9.97 Å². The maximum Gasteiger partial charge on any atom is 0.262 e. The second kappa shape index (κ2) is 8.20. The first-order chi connectivity index (χ1) is 15.5. The Bertz CT molecular complexity index is 1310. The molecular weight excluding hydrogens is 400 g/mol. The summed E-state index contributed by atoms with van der Waals surface area (Å²) in [5, 5.41) is 1.63. The van der Waals surface area contributed by atoms with Gasteiger partial charge in [0.05, 0.1) is 12.2 Å². The summed E-state index contributed by atoms with van der Waals surface area (Å²) in [7, 11) is 0. The Morgan fingerprint density at radius 1 is 0.938 bits per heavy atom. The molecule has 0 bridgehead atoms. The fourth-order valence-corrected chi connectivity index (χ4v) is 4.69. The van der Waals surface area contributed by atoms with E-state index in [1.165, 1.54) is 6.33 Å². The van der Waals surface area contributed by atoms with Gasteiger partial charge in [0, 0.05) is 54.0 Å². The highest BCUT2D eigenvalue weighted by atomic mass is 16.5. The van der Waals surface area contributed by atoms with Crippen molar-refractivity contribution >= 4 is 16.5 Å². The first-order valence-corrected chi connectivity index (χ1v) is 10.9. The fraction of sp³-hybridized carbons (Fsp3) is 0.269. The molecule has 1 aliphatic rings. The summed E-state index contributed by atoms with van der Waals surface area (Å²) in [6.07, 6.45) is 7.39. The molecule has 0 spiro atoms. The lowest BCUT2D eigenvalue weighted by atomic mass is 9.98. The van der Waals surface area contributed by atoms with Gasteiger partial charge in [-0.2, -0.15) is 0 Å². The van der Waals surface area contributed by atoms with E-state index in [0.29, 0.717) is 5.39 Å². The summed E-state index contributed by atoms with van der Waals surface area (Å²) >= 11 is 0. The van der Waals surface area contributed by atoms with Crippen LogP contribution in [-0.4, -0.2) is 39.8 Å². The second-order valence-corrected chi connectivity index (χ2v) is 8.52. The van der Waals surface area contributed by atoms with E-state index in [9.17, 15) is 4.79 Å². The average Bonchev–Trinajstić information content (AvgIpc) is 2.81. The van der Waals surface area contributed by atoms with E-state index < -0.39 is 0 Å². The molecule has 1 unspecified atom stereocenters. The maximum atomic E-state index is 13.4. The predicted molar refractivity (Wildman–Crippen MR) is 128 cm³/mol. The van der Waals surface area contributed by atoms with Crippen LogP contribution in [0.1, 0.15) is 19.4 Å². The predicted octanol–water partition coefficient (Wildman–Crippen LogP) is 4.37. The van der Waals surface area contributed by atoms with E-state index in [1.54, 1.807) is 17.0 Å². The van der Waals surface area contributed by atoms with Crippen LogP contribution in [0.25, 0.3) is 27.6 Å². The average molecular weight is 427 g/mol. The van der Waals surface area contributed by atoms with Crippen LogP contribution in [0.4, 0.5) is 5.69 Å². The summed E-state index contributed by atoms with van der Waals surface area (Å²) in [5.41, 5.74) is 4.86. The highest BCUT2D eigenvalue weighted by molar-refractivity contribution is 5.98. The van der Waals surface area contributed by atoms with Crippen molar-refractivity contribution in [2.24, 2.45) is 0 Å². The molecule has 32 heavy (non-hydrogen) atoms. The van der Waals surface area contributed by atoms with Crippen molar-refractivity contribution < 1.29 is 4.74 Å². The molecule has 0 radical (unpaired) electrons. The van der Waals surface area contributed by atoms with E-state index in [4.69, 9.17) is 4.74 Å². The summed E-state index contributed by atoms with van der Waals surface area (Å²) < 4.78 is 7.58. The molecule has 2 atom stereocenters. The van der Waals surface area contributed by atoms with Gasteiger partial charge >= 0.3 is 0 Å². The molecule has 6 heteroatoms. The molecule has 6 nitrogen and oxygen atoms in total. The summed E-state index contributed by atoms with van der Waals surface area (Å²) in [6, 6.07) is 14.0. The number of ether oxygens (including phenoxy) is 1. The lowest BCUT2D eigenvalue weighted by Crippen LogP contribution is -2.45. The summed E-state index contributed by atoms with van der Waals surface area (Å²) in [5.74, 6) is 0. The third kappa shape index (κ3) is 3.67. The van der Waals surface area contributed by atoms with Crippen molar-refractivity contribution in [2.45, 2.75) is 33.0 Å². The number of aryl methyl sites for hydroxylation is 1. The lowest BCUT2D eigenvalue weighted by molar-refractivity contribution is -0.00521. The van der Waals surface area contributed by atoms with Crippen molar-refractivity contribution in [1.82, 2.24) is 14.5 Å². The van der Waals surface area contributed by atoms with Crippen LogP contribution < -0.4 is 10.5 Å². The Morgan fingerprint density at radius 3 is 2.28 bits per heavy atom. The number of rotatable bonds is 3. The molecule has 2 aromatic carbocycles. The van der Waals surface area contributed by atoms with Crippen molar-refractivity contribution in [1.29, 1.82) is 0 Å². The molecule has 5 rings (SSSR count). The van der Waals surface area contributed by atoms with Crippen molar-refractivity contribution in [3.63, 3.8) is 0 Å². The van der Waals surface area contributed by atoms with E-state index in [1.807, 2.05) is 43.5 Å². The van der Waals surface area contributed by atoms with Crippen LogP contribution in [0.15, 0.2) is 72.2 Å². The number of anilines is 1. The van der Waals surface area contributed by atoms with Crippen molar-refractivity contribution in [3.05, 3.63) is 83.3 Å². The zero-order valence-electron chi connectivity index (χ0n) is 18.5. The lowest BCUT2D eigenvalue weighted by Gasteiger charge is -2.36. The fourth-order valence-electron chi connectivity index (χ4n) is 4.69. The van der Waals surface area contributed by atoms with Crippen LogP contribution in [0.5, 0.6) is 0 Å². The Labute approximate surface area is 187 Å². The van der Waals surface area contributed by atoms with Gasteiger partial charge in [0.15, 0.2) is 0 Å². The third-order valence-electron chi connectivity index (χ3n) is 6.01. The van der Waals surface area contributed by atoms with E-state index >= 15 is 0 Å². The molecule has 162 valence electrons. The minimum absolute atomic E-state index is 0.0364. The SMILES string of the molecule is Cc1cn(-c2ccc(N3CC(C)O[C@@H](C)C3)cc2)c(=O)c2cccc(-c3cncnc3)c12. The highest BCUT2D eigenvalue weighted by Gasteiger charge is 2.22. The molecular formula is C26H26N4O2. The maximum absolute atomic E-state index is 13.4. The molecule has 1 aliphatic heterocycles. The first-order valence-electron chi connectivity index (χ1n) is 10.9. The van der Waals surface area contributed by atoms with Gasteiger partial charge in [0.2, 0.25) is 0 Å². The number of hydrogen-bond donors (Lipinski definition) is 0. The van der Waals surface area contributed by atoms with Gasteiger partial charge in [-0.15, -0.1) is 0 Å².